The highest BCUT2D eigenvalue weighted by Gasteiger charge is 2.31. The molecule has 1 saturated carbocycles. The smallest absolute Gasteiger partial charge is 0.319 e. The Morgan fingerprint density at radius 1 is 1.29 bits per heavy atom. The molecule has 0 spiro atoms. The lowest BCUT2D eigenvalue weighted by Crippen LogP contribution is -2.40. The molecule has 0 aromatic carbocycles. The molecule has 1 unspecified atom stereocenters. The molecule has 17 heavy (non-hydrogen) atoms. The van der Waals surface area contributed by atoms with E-state index in [1.165, 1.54) is 12.8 Å². The second kappa shape index (κ2) is 4.94. The van der Waals surface area contributed by atoms with Gasteiger partial charge in [-0.2, -0.15) is 0 Å². The van der Waals surface area contributed by atoms with Crippen LogP contribution in [0.4, 0.5) is 4.79 Å². The highest BCUT2D eigenvalue weighted by atomic mass is 16.4. The number of carbonyl (C=O) groups excluding carboxylic acids is 1. The van der Waals surface area contributed by atoms with E-state index in [1.807, 2.05) is 7.05 Å². The van der Waals surface area contributed by atoms with E-state index < -0.39 is 5.97 Å². The number of amides is 2. The van der Waals surface area contributed by atoms with Crippen LogP contribution in [0.15, 0.2) is 0 Å². The van der Waals surface area contributed by atoms with Crippen molar-refractivity contribution in [2.75, 3.05) is 26.7 Å². The first-order valence-electron chi connectivity index (χ1n) is 6.28. The molecule has 2 aliphatic rings. The second-order valence-corrected chi connectivity index (χ2v) is 5.31. The molecular weight excluding hydrogens is 220 g/mol. The van der Waals surface area contributed by atoms with Gasteiger partial charge in [-0.15, -0.1) is 0 Å². The molecule has 1 N–H and O–H groups in total. The largest absolute Gasteiger partial charge is 0.481 e. The molecule has 1 heterocycles. The number of likely N-dealkylation sites (tertiary alicyclic amines) is 1. The maximum absolute atomic E-state index is 12.0. The first kappa shape index (κ1) is 12.2. The van der Waals surface area contributed by atoms with E-state index in [1.54, 1.807) is 9.80 Å². The summed E-state index contributed by atoms with van der Waals surface area (Å²) in [4.78, 5) is 26.2. The first-order valence-corrected chi connectivity index (χ1v) is 6.28. The van der Waals surface area contributed by atoms with Crippen molar-refractivity contribution in [3.05, 3.63) is 0 Å². The van der Waals surface area contributed by atoms with Gasteiger partial charge in [0, 0.05) is 33.1 Å². The number of carboxylic acid groups (broad SMARTS) is 1. The van der Waals surface area contributed by atoms with Crippen LogP contribution in [0, 0.1) is 11.8 Å². The maximum Gasteiger partial charge on any atom is 0.319 e. The van der Waals surface area contributed by atoms with E-state index >= 15 is 0 Å². The van der Waals surface area contributed by atoms with Crippen LogP contribution in [0.2, 0.25) is 0 Å². The summed E-state index contributed by atoms with van der Waals surface area (Å²) >= 11 is 0. The Kier molecular flexibility index (Phi) is 3.54. The molecule has 1 atom stereocenters. The monoisotopic (exact) mass is 240 g/mol. The standard InChI is InChI=1S/C12H20N2O3/c1-13(7-9-2-3-9)12(17)14-5-4-10(8-14)6-11(15)16/h9-10H,2-8H2,1H3,(H,15,16). The van der Waals surface area contributed by atoms with Crippen LogP contribution >= 0.6 is 0 Å². The van der Waals surface area contributed by atoms with Gasteiger partial charge in [-0.25, -0.2) is 4.79 Å². The lowest BCUT2D eigenvalue weighted by Gasteiger charge is -2.24. The zero-order chi connectivity index (χ0) is 12.4. The van der Waals surface area contributed by atoms with Crippen molar-refractivity contribution in [2.24, 2.45) is 11.8 Å². The first-order chi connectivity index (χ1) is 8.06. The van der Waals surface area contributed by atoms with Gasteiger partial charge in [-0.05, 0) is 31.1 Å². The van der Waals surface area contributed by atoms with Gasteiger partial charge in [0.2, 0.25) is 0 Å². The van der Waals surface area contributed by atoms with Crippen molar-refractivity contribution in [3.63, 3.8) is 0 Å². The van der Waals surface area contributed by atoms with Crippen LogP contribution in [0.3, 0.4) is 0 Å². The summed E-state index contributed by atoms with van der Waals surface area (Å²) in [5.41, 5.74) is 0. The van der Waals surface area contributed by atoms with Gasteiger partial charge in [-0.1, -0.05) is 0 Å². The average molecular weight is 240 g/mol. The zero-order valence-electron chi connectivity index (χ0n) is 10.3. The van der Waals surface area contributed by atoms with Crippen LogP contribution in [0.5, 0.6) is 0 Å². The summed E-state index contributed by atoms with van der Waals surface area (Å²) in [7, 11) is 1.84. The van der Waals surface area contributed by atoms with Gasteiger partial charge < -0.3 is 14.9 Å². The molecular formula is C12H20N2O3. The number of aliphatic carboxylic acids is 1. The molecule has 1 saturated heterocycles. The number of hydrogen-bond donors (Lipinski definition) is 1. The zero-order valence-corrected chi connectivity index (χ0v) is 10.3. The number of urea groups is 1. The Labute approximate surface area is 101 Å². The molecule has 0 radical (unpaired) electrons. The third-order valence-corrected chi connectivity index (χ3v) is 3.58. The Hall–Kier alpha value is -1.26. The van der Waals surface area contributed by atoms with Crippen molar-refractivity contribution in [1.82, 2.24) is 9.80 Å². The van der Waals surface area contributed by atoms with E-state index in [-0.39, 0.29) is 18.4 Å². The minimum atomic E-state index is -0.768. The molecule has 2 rings (SSSR count). The normalized spacial score (nSPS) is 23.8. The van der Waals surface area contributed by atoms with Gasteiger partial charge in [0.25, 0.3) is 0 Å². The minimum absolute atomic E-state index is 0.0600. The number of hydrogen-bond acceptors (Lipinski definition) is 2. The van der Waals surface area contributed by atoms with Crippen LogP contribution in [0.25, 0.3) is 0 Å². The molecule has 0 bridgehead atoms. The van der Waals surface area contributed by atoms with Gasteiger partial charge in [0.05, 0.1) is 0 Å². The molecule has 2 fully saturated rings. The highest BCUT2D eigenvalue weighted by Crippen LogP contribution is 2.30. The fourth-order valence-corrected chi connectivity index (χ4v) is 2.43. The Morgan fingerprint density at radius 2 is 2.00 bits per heavy atom. The van der Waals surface area contributed by atoms with Crippen molar-refractivity contribution < 1.29 is 14.7 Å². The van der Waals surface area contributed by atoms with Gasteiger partial charge >= 0.3 is 12.0 Å². The van der Waals surface area contributed by atoms with Gasteiger partial charge in [0.1, 0.15) is 0 Å². The van der Waals surface area contributed by atoms with Crippen molar-refractivity contribution >= 4 is 12.0 Å². The molecule has 96 valence electrons. The van der Waals surface area contributed by atoms with Gasteiger partial charge in [-0.3, -0.25) is 4.79 Å². The highest BCUT2D eigenvalue weighted by molar-refractivity contribution is 5.74. The SMILES string of the molecule is CN(CC1CC1)C(=O)N1CCC(CC(=O)O)C1. The number of rotatable bonds is 4. The topological polar surface area (TPSA) is 60.9 Å². The van der Waals surface area contributed by atoms with E-state index in [0.29, 0.717) is 19.0 Å². The van der Waals surface area contributed by atoms with Crippen LogP contribution in [-0.2, 0) is 4.79 Å². The summed E-state index contributed by atoms with van der Waals surface area (Å²) < 4.78 is 0. The summed E-state index contributed by atoms with van der Waals surface area (Å²) in [5, 5.41) is 8.72. The lowest BCUT2D eigenvalue weighted by atomic mass is 10.1. The lowest BCUT2D eigenvalue weighted by molar-refractivity contribution is -0.138. The summed E-state index contributed by atoms with van der Waals surface area (Å²) in [6, 6.07) is 0.0600. The Morgan fingerprint density at radius 3 is 2.59 bits per heavy atom. The molecule has 2 amide bonds. The number of carbonyl (C=O) groups is 2. The predicted octanol–water partition coefficient (Wildman–Crippen LogP) is 1.24. The van der Waals surface area contributed by atoms with Gasteiger partial charge in [0.15, 0.2) is 0 Å². The predicted molar refractivity (Wildman–Crippen MR) is 62.7 cm³/mol. The van der Waals surface area contributed by atoms with Crippen molar-refractivity contribution in [1.29, 1.82) is 0 Å². The fraction of sp³-hybridized carbons (Fsp3) is 0.833. The number of carboxylic acids is 1. The van der Waals surface area contributed by atoms with Crippen LogP contribution in [0.1, 0.15) is 25.7 Å². The third-order valence-electron chi connectivity index (χ3n) is 3.58. The fourth-order valence-electron chi connectivity index (χ4n) is 2.43. The molecule has 0 aromatic heterocycles. The maximum atomic E-state index is 12.0. The van der Waals surface area contributed by atoms with Crippen LogP contribution < -0.4 is 0 Å². The molecule has 1 aliphatic carbocycles. The molecule has 0 aromatic rings. The number of nitrogens with zero attached hydrogens (tertiary/aromatic N) is 2. The van der Waals surface area contributed by atoms with E-state index in [4.69, 9.17) is 5.11 Å². The van der Waals surface area contributed by atoms with Crippen LogP contribution in [-0.4, -0.2) is 53.6 Å². The second-order valence-electron chi connectivity index (χ2n) is 5.31. The van der Waals surface area contributed by atoms with E-state index in [9.17, 15) is 9.59 Å². The quantitative estimate of drug-likeness (QED) is 0.804. The average Bonchev–Trinajstić information content (AvgIpc) is 2.94. The summed E-state index contributed by atoms with van der Waals surface area (Å²) in [6.07, 6.45) is 3.46. The molecule has 1 aliphatic heterocycles. The minimum Gasteiger partial charge on any atom is -0.481 e. The van der Waals surface area contributed by atoms with E-state index in [0.717, 1.165) is 13.0 Å². The summed E-state index contributed by atoms with van der Waals surface area (Å²) in [5.74, 6) is 0.0581. The van der Waals surface area contributed by atoms with E-state index in [2.05, 4.69) is 0 Å². The Balaban J connectivity index is 1.78. The molecule has 5 nitrogen and oxygen atoms in total. The third kappa shape index (κ3) is 3.35. The molecule has 5 heteroatoms. The summed E-state index contributed by atoms with van der Waals surface area (Å²) in [6.45, 7) is 2.14. The Bertz CT molecular complexity index is 315. The van der Waals surface area contributed by atoms with Crippen molar-refractivity contribution in [2.45, 2.75) is 25.7 Å². The van der Waals surface area contributed by atoms with Crippen molar-refractivity contribution in [3.8, 4) is 0 Å².